The van der Waals surface area contributed by atoms with E-state index < -0.39 is 0 Å². The van der Waals surface area contributed by atoms with Gasteiger partial charge in [0.2, 0.25) is 0 Å². The molecule has 2 aromatic rings. The van der Waals surface area contributed by atoms with Gasteiger partial charge in [-0.15, -0.1) is 11.3 Å². The zero-order valence-electron chi connectivity index (χ0n) is 10.2. The number of halogens is 2. The average Bonchev–Trinajstić information content (AvgIpc) is 2.81. The lowest BCUT2D eigenvalue weighted by Crippen LogP contribution is -2.11. The Hall–Kier alpha value is -0.420. The minimum absolute atomic E-state index is 0.215. The molecule has 0 aliphatic rings. The highest BCUT2D eigenvalue weighted by atomic mass is 79.9. The lowest BCUT2D eigenvalue weighted by atomic mass is 10.1. The largest absolute Gasteiger partial charge is 0.318 e. The number of hydrogen-bond donors (Lipinski definition) is 1. The highest BCUT2D eigenvalue weighted by Crippen LogP contribution is 2.30. The van der Waals surface area contributed by atoms with Crippen LogP contribution in [0.3, 0.4) is 0 Å². The summed E-state index contributed by atoms with van der Waals surface area (Å²) in [6, 6.07) is 5.55. The van der Waals surface area contributed by atoms with Crippen LogP contribution in [0.1, 0.15) is 42.1 Å². The average molecular weight is 346 g/mol. The Bertz CT molecular complexity index is 554. The van der Waals surface area contributed by atoms with Gasteiger partial charge in [-0.1, -0.05) is 31.5 Å². The molecule has 18 heavy (non-hydrogen) atoms. The van der Waals surface area contributed by atoms with Crippen LogP contribution in [0.15, 0.2) is 28.1 Å². The number of nitrogens with two attached hydrogens (primary N) is 1. The summed E-state index contributed by atoms with van der Waals surface area (Å²) in [7, 11) is 0. The summed E-state index contributed by atoms with van der Waals surface area (Å²) >= 11 is 11.1. The van der Waals surface area contributed by atoms with E-state index in [1.807, 2.05) is 18.2 Å². The predicted octanol–water partition coefficient (Wildman–Crippen LogP) is 4.73. The molecule has 5 heteroatoms. The quantitative estimate of drug-likeness (QED) is 0.873. The van der Waals surface area contributed by atoms with E-state index in [1.54, 1.807) is 11.3 Å². The van der Waals surface area contributed by atoms with Crippen LogP contribution >= 0.6 is 38.9 Å². The molecule has 1 unspecified atom stereocenters. The third-order valence-electron chi connectivity index (χ3n) is 2.70. The molecular weight excluding hydrogens is 332 g/mol. The molecule has 0 aliphatic carbocycles. The summed E-state index contributed by atoms with van der Waals surface area (Å²) in [6.45, 7) is 4.25. The minimum Gasteiger partial charge on any atom is -0.318 e. The van der Waals surface area contributed by atoms with E-state index in [2.05, 4.69) is 40.1 Å². The molecule has 0 saturated heterocycles. The van der Waals surface area contributed by atoms with Gasteiger partial charge in [-0.05, 0) is 39.5 Å². The van der Waals surface area contributed by atoms with Gasteiger partial charge in [0.05, 0.1) is 16.8 Å². The topological polar surface area (TPSA) is 38.9 Å². The fraction of sp³-hybridized carbons (Fsp3) is 0.308. The number of aromatic nitrogens is 1. The number of benzene rings is 1. The van der Waals surface area contributed by atoms with E-state index in [1.165, 1.54) is 0 Å². The monoisotopic (exact) mass is 344 g/mol. The molecule has 0 saturated carbocycles. The Morgan fingerprint density at radius 2 is 2.11 bits per heavy atom. The van der Waals surface area contributed by atoms with Crippen molar-refractivity contribution in [1.29, 1.82) is 0 Å². The second kappa shape index (κ2) is 5.70. The van der Waals surface area contributed by atoms with Crippen molar-refractivity contribution >= 4 is 38.9 Å². The van der Waals surface area contributed by atoms with Gasteiger partial charge in [0.25, 0.3) is 0 Å². The van der Waals surface area contributed by atoms with E-state index in [9.17, 15) is 0 Å². The molecule has 0 amide bonds. The first-order valence-electron chi connectivity index (χ1n) is 5.65. The van der Waals surface area contributed by atoms with Crippen LogP contribution in [0.4, 0.5) is 0 Å². The predicted molar refractivity (Wildman–Crippen MR) is 81.4 cm³/mol. The van der Waals surface area contributed by atoms with E-state index >= 15 is 0 Å². The number of rotatable bonds is 3. The van der Waals surface area contributed by atoms with Crippen LogP contribution in [0.25, 0.3) is 0 Å². The third-order valence-corrected chi connectivity index (χ3v) is 4.88. The fourth-order valence-electron chi connectivity index (χ4n) is 1.56. The molecule has 1 aromatic heterocycles. The lowest BCUT2D eigenvalue weighted by molar-refractivity contribution is 0.795. The van der Waals surface area contributed by atoms with Gasteiger partial charge < -0.3 is 5.73 Å². The summed E-state index contributed by atoms with van der Waals surface area (Å²) in [4.78, 5) is 4.58. The van der Waals surface area contributed by atoms with Gasteiger partial charge in [-0.2, -0.15) is 0 Å². The Balaban J connectivity index is 2.29. The molecule has 1 heterocycles. The Labute approximate surface area is 124 Å². The SMILES string of the molecule is CC(C)c1csc(C(N)c2ccc(Br)c(Cl)c2)n1. The fourth-order valence-corrected chi connectivity index (χ4v) is 3.00. The van der Waals surface area contributed by atoms with E-state index in [0.717, 1.165) is 20.7 Å². The molecule has 2 nitrogen and oxygen atoms in total. The summed E-state index contributed by atoms with van der Waals surface area (Å²) in [6.07, 6.45) is 0. The zero-order chi connectivity index (χ0) is 13.3. The maximum absolute atomic E-state index is 6.22. The molecule has 1 atom stereocenters. The maximum Gasteiger partial charge on any atom is 0.114 e. The highest BCUT2D eigenvalue weighted by molar-refractivity contribution is 9.10. The van der Waals surface area contributed by atoms with E-state index in [0.29, 0.717) is 10.9 Å². The second-order valence-electron chi connectivity index (χ2n) is 4.42. The molecule has 0 spiro atoms. The molecule has 2 N–H and O–H groups in total. The number of hydrogen-bond acceptors (Lipinski definition) is 3. The normalized spacial score (nSPS) is 13.0. The van der Waals surface area contributed by atoms with Crippen molar-refractivity contribution in [2.24, 2.45) is 5.73 Å². The molecule has 0 radical (unpaired) electrons. The van der Waals surface area contributed by atoms with Crippen molar-refractivity contribution in [2.75, 3.05) is 0 Å². The van der Waals surface area contributed by atoms with Crippen molar-refractivity contribution in [3.63, 3.8) is 0 Å². The Kier molecular flexibility index (Phi) is 4.43. The van der Waals surface area contributed by atoms with Crippen LogP contribution in [-0.4, -0.2) is 4.98 Å². The molecule has 2 rings (SSSR count). The Morgan fingerprint density at radius 3 is 2.67 bits per heavy atom. The molecule has 0 fully saturated rings. The van der Waals surface area contributed by atoms with Crippen molar-refractivity contribution in [3.05, 3.63) is 49.3 Å². The van der Waals surface area contributed by atoms with Gasteiger partial charge >= 0.3 is 0 Å². The minimum atomic E-state index is -0.215. The summed E-state index contributed by atoms with van der Waals surface area (Å²) in [5.41, 5.74) is 8.29. The number of nitrogens with zero attached hydrogens (tertiary/aromatic N) is 1. The summed E-state index contributed by atoms with van der Waals surface area (Å²) in [5.74, 6) is 0.427. The second-order valence-corrected chi connectivity index (χ2v) is 6.57. The lowest BCUT2D eigenvalue weighted by Gasteiger charge is -2.10. The van der Waals surface area contributed by atoms with Crippen LogP contribution in [0, 0.1) is 0 Å². The van der Waals surface area contributed by atoms with Crippen LogP contribution in [0.5, 0.6) is 0 Å². The maximum atomic E-state index is 6.22. The van der Waals surface area contributed by atoms with Gasteiger partial charge in [0.15, 0.2) is 0 Å². The van der Waals surface area contributed by atoms with Crippen LogP contribution in [0.2, 0.25) is 5.02 Å². The standard InChI is InChI=1S/C13H14BrClN2S/c1-7(2)11-6-18-13(17-11)12(16)8-3-4-9(14)10(15)5-8/h3-7,12H,16H2,1-2H3. The first-order chi connectivity index (χ1) is 8.49. The van der Waals surface area contributed by atoms with Crippen molar-refractivity contribution in [1.82, 2.24) is 4.98 Å². The van der Waals surface area contributed by atoms with Gasteiger partial charge in [0, 0.05) is 9.85 Å². The van der Waals surface area contributed by atoms with Crippen LogP contribution < -0.4 is 5.73 Å². The summed E-state index contributed by atoms with van der Waals surface area (Å²) in [5, 5.41) is 3.67. The van der Waals surface area contributed by atoms with Gasteiger partial charge in [-0.25, -0.2) is 4.98 Å². The molecule has 96 valence electrons. The van der Waals surface area contributed by atoms with Crippen LogP contribution in [-0.2, 0) is 0 Å². The van der Waals surface area contributed by atoms with Gasteiger partial charge in [-0.3, -0.25) is 0 Å². The molecule has 0 aliphatic heterocycles. The zero-order valence-corrected chi connectivity index (χ0v) is 13.3. The molecular formula is C13H14BrClN2S. The van der Waals surface area contributed by atoms with E-state index in [-0.39, 0.29) is 6.04 Å². The van der Waals surface area contributed by atoms with E-state index in [4.69, 9.17) is 17.3 Å². The number of thiazole rings is 1. The first kappa shape index (κ1) is 14.0. The third kappa shape index (κ3) is 2.94. The van der Waals surface area contributed by atoms with Gasteiger partial charge in [0.1, 0.15) is 5.01 Å². The van der Waals surface area contributed by atoms with Crippen molar-refractivity contribution in [3.8, 4) is 0 Å². The van der Waals surface area contributed by atoms with Crippen molar-refractivity contribution < 1.29 is 0 Å². The summed E-state index contributed by atoms with van der Waals surface area (Å²) < 4.78 is 0.877. The molecule has 1 aromatic carbocycles. The van der Waals surface area contributed by atoms with Crippen molar-refractivity contribution in [2.45, 2.75) is 25.8 Å². The first-order valence-corrected chi connectivity index (χ1v) is 7.70. The molecule has 0 bridgehead atoms. The smallest absolute Gasteiger partial charge is 0.114 e. The highest BCUT2D eigenvalue weighted by Gasteiger charge is 2.15. The Morgan fingerprint density at radius 1 is 1.39 bits per heavy atom.